The van der Waals surface area contributed by atoms with Gasteiger partial charge < -0.3 is 15.5 Å². The Labute approximate surface area is 173 Å². The van der Waals surface area contributed by atoms with E-state index in [1.807, 2.05) is 6.07 Å². The number of H-pyrrole nitrogens is 1. The fourth-order valence-corrected chi connectivity index (χ4v) is 3.62. The number of aromatic amines is 1. The van der Waals surface area contributed by atoms with Crippen LogP contribution >= 0.6 is 23.2 Å². The molecule has 4 nitrogen and oxygen atoms in total. The Kier molecular flexibility index (Phi) is 5.16. The van der Waals surface area contributed by atoms with Gasteiger partial charge in [0, 0.05) is 44.0 Å². The van der Waals surface area contributed by atoms with Gasteiger partial charge in [0.05, 0.1) is 0 Å². The number of fused-ring (bicyclic) bond motifs is 1. The van der Waals surface area contributed by atoms with Crippen LogP contribution in [0.3, 0.4) is 0 Å². The lowest BCUT2D eigenvalue weighted by Gasteiger charge is -2.12. The number of nitrogens with zero attached hydrogens (tertiary/aromatic N) is 1. The molecule has 0 saturated carbocycles. The van der Waals surface area contributed by atoms with Gasteiger partial charge in [-0.05, 0) is 48.4 Å². The Morgan fingerprint density at radius 2 is 1.82 bits per heavy atom. The second-order valence-electron chi connectivity index (χ2n) is 6.55. The van der Waals surface area contributed by atoms with Gasteiger partial charge in [0.2, 0.25) is 0 Å². The minimum atomic E-state index is 0.213. The quantitative estimate of drug-likeness (QED) is 0.407. The third-order valence-corrected chi connectivity index (χ3v) is 5.41. The largest absolute Gasteiger partial charge is 0.485 e. The molecule has 2 aromatic heterocycles. The lowest BCUT2D eigenvalue weighted by molar-refractivity contribution is 0.307. The number of anilines is 1. The normalized spacial score (nSPS) is 11.1. The Bertz CT molecular complexity index is 1130. The third kappa shape index (κ3) is 3.66. The predicted molar refractivity (Wildman–Crippen MR) is 116 cm³/mol. The van der Waals surface area contributed by atoms with Crippen molar-refractivity contribution in [2.24, 2.45) is 0 Å². The second-order valence-corrected chi connectivity index (χ2v) is 7.36. The summed E-state index contributed by atoms with van der Waals surface area (Å²) in [7, 11) is 0. The minimum absolute atomic E-state index is 0.213. The van der Waals surface area contributed by atoms with Crippen LogP contribution < -0.4 is 10.5 Å². The summed E-state index contributed by atoms with van der Waals surface area (Å²) >= 11 is 12.4. The molecule has 0 radical (unpaired) electrons. The zero-order chi connectivity index (χ0) is 19.7. The fraction of sp³-hybridized carbons (Fsp3) is 0.136. The first-order valence-electron chi connectivity index (χ1n) is 8.98. The number of nitrogens with one attached hydrogen (secondary N) is 1. The van der Waals surface area contributed by atoms with E-state index in [0.29, 0.717) is 21.6 Å². The van der Waals surface area contributed by atoms with Crippen LogP contribution in [0.4, 0.5) is 5.82 Å². The molecule has 2 heterocycles. The predicted octanol–water partition coefficient (Wildman–Crippen LogP) is 6.26. The number of hydrogen-bond acceptors (Lipinski definition) is 3. The molecule has 4 aromatic rings. The lowest BCUT2D eigenvalue weighted by Crippen LogP contribution is -2.02. The van der Waals surface area contributed by atoms with Crippen molar-refractivity contribution in [3.05, 3.63) is 76.0 Å². The van der Waals surface area contributed by atoms with Crippen LogP contribution in [-0.2, 0) is 13.0 Å². The van der Waals surface area contributed by atoms with Crippen molar-refractivity contribution >= 4 is 39.9 Å². The van der Waals surface area contributed by atoms with Gasteiger partial charge in [-0.25, -0.2) is 4.98 Å². The molecule has 6 heteroatoms. The van der Waals surface area contributed by atoms with Crippen molar-refractivity contribution in [1.82, 2.24) is 9.97 Å². The molecule has 0 aliphatic rings. The molecule has 0 amide bonds. The molecule has 0 aliphatic carbocycles. The first-order chi connectivity index (χ1) is 13.5. The number of halogens is 2. The van der Waals surface area contributed by atoms with Gasteiger partial charge in [0.15, 0.2) is 11.6 Å². The monoisotopic (exact) mass is 411 g/mol. The first-order valence-corrected chi connectivity index (χ1v) is 9.74. The summed E-state index contributed by atoms with van der Waals surface area (Å²) in [6, 6.07) is 15.7. The second kappa shape index (κ2) is 7.74. The Balaban J connectivity index is 1.63. The molecule has 0 saturated heterocycles. The van der Waals surface area contributed by atoms with E-state index in [0.717, 1.165) is 34.0 Å². The zero-order valence-corrected chi connectivity index (χ0v) is 16.8. The number of pyridine rings is 1. The highest BCUT2D eigenvalue weighted by Gasteiger charge is 2.11. The van der Waals surface area contributed by atoms with Crippen LogP contribution in [0, 0.1) is 0 Å². The molecule has 2 aromatic carbocycles. The van der Waals surface area contributed by atoms with Gasteiger partial charge in [-0.3, -0.25) is 0 Å². The van der Waals surface area contributed by atoms with Crippen molar-refractivity contribution < 1.29 is 4.74 Å². The highest BCUT2D eigenvalue weighted by molar-refractivity contribution is 6.35. The molecule has 0 aliphatic heterocycles. The number of aromatic nitrogens is 2. The van der Waals surface area contributed by atoms with E-state index < -0.39 is 0 Å². The van der Waals surface area contributed by atoms with Crippen LogP contribution in [0.2, 0.25) is 10.0 Å². The smallest absolute Gasteiger partial charge is 0.166 e. The van der Waals surface area contributed by atoms with E-state index in [4.69, 9.17) is 33.7 Å². The number of aryl methyl sites for hydroxylation is 1. The van der Waals surface area contributed by atoms with E-state index in [-0.39, 0.29) is 6.61 Å². The highest BCUT2D eigenvalue weighted by Crippen LogP contribution is 2.31. The van der Waals surface area contributed by atoms with Gasteiger partial charge in [-0.1, -0.05) is 42.3 Å². The number of hydrogen-bond donors (Lipinski definition) is 2. The van der Waals surface area contributed by atoms with E-state index in [1.165, 1.54) is 5.69 Å². The number of nitrogens with two attached hydrogens (primary N) is 1. The lowest BCUT2D eigenvalue weighted by atomic mass is 10.1. The Hall–Kier alpha value is -2.69. The van der Waals surface area contributed by atoms with Gasteiger partial charge in [-0.15, -0.1) is 0 Å². The van der Waals surface area contributed by atoms with E-state index in [2.05, 4.69) is 41.2 Å². The number of benzene rings is 2. The third-order valence-electron chi connectivity index (χ3n) is 4.71. The molecule has 0 fully saturated rings. The maximum absolute atomic E-state index is 6.22. The van der Waals surface area contributed by atoms with Crippen LogP contribution in [0.15, 0.2) is 54.7 Å². The van der Waals surface area contributed by atoms with Crippen molar-refractivity contribution in [2.75, 3.05) is 5.73 Å². The summed E-state index contributed by atoms with van der Waals surface area (Å²) in [6.45, 7) is 2.34. The summed E-state index contributed by atoms with van der Waals surface area (Å²) in [5.74, 6) is 0.819. The Morgan fingerprint density at radius 3 is 2.57 bits per heavy atom. The first kappa shape index (κ1) is 18.7. The van der Waals surface area contributed by atoms with Crippen LogP contribution in [0.5, 0.6) is 5.75 Å². The zero-order valence-electron chi connectivity index (χ0n) is 15.3. The molecule has 4 rings (SSSR count). The summed E-state index contributed by atoms with van der Waals surface area (Å²) in [4.78, 5) is 7.70. The molecule has 0 atom stereocenters. The SMILES string of the molecule is CCc1cc2cc(-c3cnc(N)c(OCc4c(Cl)cccc4Cl)c3)ccc2[nH]1. The van der Waals surface area contributed by atoms with E-state index >= 15 is 0 Å². The van der Waals surface area contributed by atoms with Gasteiger partial charge >= 0.3 is 0 Å². The molecule has 0 bridgehead atoms. The average Bonchev–Trinajstić information content (AvgIpc) is 3.11. The van der Waals surface area contributed by atoms with Crippen molar-refractivity contribution in [3.8, 4) is 16.9 Å². The molecular weight excluding hydrogens is 393 g/mol. The Morgan fingerprint density at radius 1 is 1.04 bits per heavy atom. The molecule has 0 unspecified atom stereocenters. The van der Waals surface area contributed by atoms with Gasteiger partial charge in [0.1, 0.15) is 6.61 Å². The van der Waals surface area contributed by atoms with Crippen LogP contribution in [0.25, 0.3) is 22.0 Å². The molecule has 142 valence electrons. The van der Waals surface area contributed by atoms with Crippen molar-refractivity contribution in [3.63, 3.8) is 0 Å². The highest BCUT2D eigenvalue weighted by atomic mass is 35.5. The summed E-state index contributed by atoms with van der Waals surface area (Å²) in [5.41, 5.74) is 11.0. The minimum Gasteiger partial charge on any atom is -0.485 e. The van der Waals surface area contributed by atoms with Crippen LogP contribution in [-0.4, -0.2) is 9.97 Å². The average molecular weight is 412 g/mol. The topological polar surface area (TPSA) is 63.9 Å². The van der Waals surface area contributed by atoms with E-state index in [9.17, 15) is 0 Å². The fourth-order valence-electron chi connectivity index (χ4n) is 3.11. The molecule has 28 heavy (non-hydrogen) atoms. The number of nitrogen functional groups attached to an aromatic ring is 1. The molecular formula is C22H19Cl2N3O. The van der Waals surface area contributed by atoms with Crippen molar-refractivity contribution in [1.29, 1.82) is 0 Å². The standard InChI is InChI=1S/C22H19Cl2N3O/c1-2-16-9-14-8-13(6-7-20(14)27-16)15-10-21(22(25)26-11-15)28-12-17-18(23)4-3-5-19(17)24/h3-11,27H,2,12H2,1H3,(H2,25,26). The molecule has 0 spiro atoms. The number of rotatable bonds is 5. The van der Waals surface area contributed by atoms with Crippen LogP contribution in [0.1, 0.15) is 18.2 Å². The maximum atomic E-state index is 6.22. The summed E-state index contributed by atoms with van der Waals surface area (Å²) in [6.07, 6.45) is 2.72. The molecule has 3 N–H and O–H groups in total. The van der Waals surface area contributed by atoms with Gasteiger partial charge in [-0.2, -0.15) is 0 Å². The number of ether oxygens (including phenoxy) is 1. The van der Waals surface area contributed by atoms with Crippen molar-refractivity contribution in [2.45, 2.75) is 20.0 Å². The maximum Gasteiger partial charge on any atom is 0.166 e. The van der Waals surface area contributed by atoms with Gasteiger partial charge in [0.25, 0.3) is 0 Å². The summed E-state index contributed by atoms with van der Waals surface area (Å²) < 4.78 is 5.89. The van der Waals surface area contributed by atoms with E-state index in [1.54, 1.807) is 24.4 Å². The summed E-state index contributed by atoms with van der Waals surface area (Å²) in [5, 5.41) is 2.27.